The molecule has 1 aliphatic rings. The molecule has 1 atom stereocenters. The van der Waals surface area contributed by atoms with Crippen LogP contribution in [0.1, 0.15) is 31.4 Å². The lowest BCUT2D eigenvalue weighted by atomic mass is 9.88. The number of aliphatic hydroxyl groups excluding tert-OH is 1. The number of hydrogen-bond acceptors (Lipinski definition) is 5. The number of aromatic nitrogens is 2. The third kappa shape index (κ3) is 3.57. The molecule has 0 bridgehead atoms. The number of β-amino-alcohol motifs (C(OH)–C–C–N with tert-alkyl or cyclic N) is 1. The summed E-state index contributed by atoms with van der Waals surface area (Å²) in [5, 5.41) is 12.0. The maximum Gasteiger partial charge on any atom is 0.240 e. The van der Waals surface area contributed by atoms with Gasteiger partial charge in [-0.2, -0.15) is 0 Å². The summed E-state index contributed by atoms with van der Waals surface area (Å²) in [5.41, 5.74) is 0.482. The van der Waals surface area contributed by atoms with Crippen LogP contribution in [-0.2, 0) is 11.2 Å². The van der Waals surface area contributed by atoms with E-state index in [2.05, 4.69) is 20.2 Å². The summed E-state index contributed by atoms with van der Waals surface area (Å²) in [7, 11) is 1.68. The number of carbonyl (C=O) groups excluding carboxylic acids is 1. The molecular weight excluding hydrogens is 268 g/mol. The first-order chi connectivity index (χ1) is 10.2. The molecule has 1 fully saturated rings. The van der Waals surface area contributed by atoms with E-state index in [0.29, 0.717) is 6.54 Å². The van der Waals surface area contributed by atoms with Crippen molar-refractivity contribution >= 4 is 5.91 Å². The van der Waals surface area contributed by atoms with E-state index >= 15 is 0 Å². The van der Waals surface area contributed by atoms with Crippen LogP contribution in [0.3, 0.4) is 0 Å². The van der Waals surface area contributed by atoms with Crippen LogP contribution in [-0.4, -0.2) is 58.2 Å². The molecule has 1 aromatic heterocycles. The lowest BCUT2D eigenvalue weighted by molar-refractivity contribution is -0.132. The Kier molecular flexibility index (Phi) is 5.64. The van der Waals surface area contributed by atoms with Crippen LogP contribution in [0.2, 0.25) is 0 Å². The summed E-state index contributed by atoms with van der Waals surface area (Å²) in [6.45, 7) is 1.51. The van der Waals surface area contributed by atoms with Crippen LogP contribution >= 0.6 is 0 Å². The van der Waals surface area contributed by atoms with Crippen molar-refractivity contribution in [3.05, 3.63) is 24.3 Å². The van der Waals surface area contributed by atoms with E-state index in [-0.39, 0.29) is 12.5 Å². The molecule has 1 amide bonds. The molecule has 0 aliphatic carbocycles. The monoisotopic (exact) mass is 292 g/mol. The summed E-state index contributed by atoms with van der Waals surface area (Å²) < 4.78 is 0. The summed E-state index contributed by atoms with van der Waals surface area (Å²) in [6, 6.07) is 0. The van der Waals surface area contributed by atoms with E-state index in [9.17, 15) is 9.90 Å². The van der Waals surface area contributed by atoms with E-state index in [1.165, 1.54) is 0 Å². The van der Waals surface area contributed by atoms with Gasteiger partial charge >= 0.3 is 0 Å². The maximum absolute atomic E-state index is 12.4. The van der Waals surface area contributed by atoms with Gasteiger partial charge in [-0.15, -0.1) is 0 Å². The van der Waals surface area contributed by atoms with Gasteiger partial charge in [0.05, 0.1) is 12.3 Å². The van der Waals surface area contributed by atoms with E-state index < -0.39 is 5.54 Å². The van der Waals surface area contributed by atoms with Crippen LogP contribution in [0.4, 0.5) is 0 Å². The van der Waals surface area contributed by atoms with Crippen molar-refractivity contribution < 1.29 is 9.90 Å². The van der Waals surface area contributed by atoms with E-state index in [0.717, 1.165) is 44.3 Å². The van der Waals surface area contributed by atoms with Gasteiger partial charge in [-0.3, -0.25) is 19.7 Å². The normalized spacial score (nSPS) is 22.4. The Labute approximate surface area is 125 Å². The fourth-order valence-corrected chi connectivity index (χ4v) is 3.29. The molecule has 1 saturated heterocycles. The van der Waals surface area contributed by atoms with Crippen LogP contribution < -0.4 is 5.32 Å². The quantitative estimate of drug-likeness (QED) is 0.759. The molecule has 0 spiro atoms. The molecule has 2 heterocycles. The minimum Gasteiger partial charge on any atom is -0.395 e. The number of rotatable bonds is 7. The van der Waals surface area contributed by atoms with Gasteiger partial charge in [0.2, 0.25) is 5.91 Å². The summed E-state index contributed by atoms with van der Waals surface area (Å²) in [6.07, 6.45) is 9.46. The molecular formula is C15H24N4O2. The SMILES string of the molecule is CNC(=O)C1(CCCc2cnccn2)CCCN1CCO. The van der Waals surface area contributed by atoms with Crippen molar-refractivity contribution in [3.8, 4) is 0 Å². The smallest absolute Gasteiger partial charge is 0.240 e. The number of likely N-dealkylation sites (N-methyl/N-ethyl adjacent to an activating group) is 1. The molecule has 0 radical (unpaired) electrons. The van der Waals surface area contributed by atoms with Gasteiger partial charge in [0, 0.05) is 32.2 Å². The highest BCUT2D eigenvalue weighted by Crippen LogP contribution is 2.34. The zero-order valence-corrected chi connectivity index (χ0v) is 12.6. The summed E-state index contributed by atoms with van der Waals surface area (Å²) >= 11 is 0. The molecule has 1 aromatic rings. The third-order valence-corrected chi connectivity index (χ3v) is 4.28. The van der Waals surface area contributed by atoms with Gasteiger partial charge in [0.15, 0.2) is 0 Å². The number of aliphatic hydroxyl groups is 1. The van der Waals surface area contributed by atoms with Crippen LogP contribution in [0.5, 0.6) is 0 Å². The molecule has 21 heavy (non-hydrogen) atoms. The number of nitrogens with zero attached hydrogens (tertiary/aromatic N) is 3. The van der Waals surface area contributed by atoms with Crippen LogP contribution in [0.15, 0.2) is 18.6 Å². The van der Waals surface area contributed by atoms with E-state index in [1.807, 2.05) is 0 Å². The van der Waals surface area contributed by atoms with Gasteiger partial charge in [0.25, 0.3) is 0 Å². The number of aryl methyl sites for hydroxylation is 1. The average Bonchev–Trinajstić information content (AvgIpc) is 2.92. The fourth-order valence-electron chi connectivity index (χ4n) is 3.29. The van der Waals surface area contributed by atoms with Gasteiger partial charge in [-0.05, 0) is 38.6 Å². The number of carbonyl (C=O) groups is 1. The first-order valence-electron chi connectivity index (χ1n) is 7.56. The topological polar surface area (TPSA) is 78.4 Å². The molecule has 6 nitrogen and oxygen atoms in total. The maximum atomic E-state index is 12.4. The lowest BCUT2D eigenvalue weighted by Gasteiger charge is -2.36. The van der Waals surface area contributed by atoms with E-state index in [1.54, 1.807) is 25.6 Å². The van der Waals surface area contributed by atoms with Crippen molar-refractivity contribution in [2.45, 2.75) is 37.6 Å². The second kappa shape index (κ2) is 7.47. The molecule has 2 N–H and O–H groups in total. The average molecular weight is 292 g/mol. The molecule has 0 aromatic carbocycles. The van der Waals surface area contributed by atoms with Gasteiger partial charge in [-0.25, -0.2) is 0 Å². The fraction of sp³-hybridized carbons (Fsp3) is 0.667. The predicted molar refractivity (Wildman–Crippen MR) is 79.7 cm³/mol. The molecule has 116 valence electrons. The standard InChI is InChI=1S/C15H24N4O2/c1-16-14(21)15(6-3-9-19(15)10-11-20)5-2-4-13-12-17-7-8-18-13/h7-8,12,20H,2-6,9-11H2,1H3,(H,16,21). The zero-order chi connectivity index (χ0) is 15.1. The minimum absolute atomic E-state index is 0.0626. The Morgan fingerprint density at radius 3 is 3.05 bits per heavy atom. The Hall–Kier alpha value is -1.53. The van der Waals surface area contributed by atoms with Crippen molar-refractivity contribution in [3.63, 3.8) is 0 Å². The van der Waals surface area contributed by atoms with Gasteiger partial charge < -0.3 is 10.4 Å². The Bertz CT molecular complexity index is 454. The summed E-state index contributed by atoms with van der Waals surface area (Å²) in [4.78, 5) is 22.9. The van der Waals surface area contributed by atoms with E-state index in [4.69, 9.17) is 0 Å². The second-order valence-electron chi connectivity index (χ2n) is 5.48. The van der Waals surface area contributed by atoms with Crippen molar-refractivity contribution in [1.82, 2.24) is 20.2 Å². The highest BCUT2D eigenvalue weighted by Gasteiger charge is 2.45. The summed E-state index contributed by atoms with van der Waals surface area (Å²) in [5.74, 6) is 0.0626. The zero-order valence-electron chi connectivity index (χ0n) is 12.6. The third-order valence-electron chi connectivity index (χ3n) is 4.28. The first kappa shape index (κ1) is 15.9. The largest absolute Gasteiger partial charge is 0.395 e. The number of likely N-dealkylation sites (tertiary alicyclic amines) is 1. The molecule has 1 unspecified atom stereocenters. The number of hydrogen-bond donors (Lipinski definition) is 2. The lowest BCUT2D eigenvalue weighted by Crippen LogP contribution is -2.55. The van der Waals surface area contributed by atoms with Crippen molar-refractivity contribution in [1.29, 1.82) is 0 Å². The number of amides is 1. The van der Waals surface area contributed by atoms with Gasteiger partial charge in [0.1, 0.15) is 5.54 Å². The second-order valence-corrected chi connectivity index (χ2v) is 5.48. The van der Waals surface area contributed by atoms with Crippen molar-refractivity contribution in [2.75, 3.05) is 26.7 Å². The molecule has 1 aliphatic heterocycles. The number of nitrogens with one attached hydrogen (secondary N) is 1. The van der Waals surface area contributed by atoms with Gasteiger partial charge in [-0.1, -0.05) is 0 Å². The first-order valence-corrected chi connectivity index (χ1v) is 7.56. The molecule has 2 rings (SSSR count). The molecule has 6 heteroatoms. The highest BCUT2D eigenvalue weighted by atomic mass is 16.3. The predicted octanol–water partition coefficient (Wildman–Crippen LogP) is 0.372. The van der Waals surface area contributed by atoms with Crippen LogP contribution in [0, 0.1) is 0 Å². The van der Waals surface area contributed by atoms with Crippen molar-refractivity contribution in [2.24, 2.45) is 0 Å². The highest BCUT2D eigenvalue weighted by molar-refractivity contribution is 5.86. The molecule has 0 saturated carbocycles. The Morgan fingerprint density at radius 1 is 1.52 bits per heavy atom. The minimum atomic E-state index is -0.473. The Morgan fingerprint density at radius 2 is 2.38 bits per heavy atom. The Balaban J connectivity index is 2.01. The van der Waals surface area contributed by atoms with Crippen LogP contribution in [0.25, 0.3) is 0 Å².